The zero-order valence-electron chi connectivity index (χ0n) is 10.2. The molecule has 0 radical (unpaired) electrons. The van der Waals surface area contributed by atoms with Gasteiger partial charge in [-0.2, -0.15) is 0 Å². The number of phenolic OH excluding ortho intramolecular Hbond substituents is 1. The molecule has 1 amide bonds. The number of rotatable bonds is 2. The van der Waals surface area contributed by atoms with E-state index in [9.17, 15) is 9.18 Å². The first-order chi connectivity index (χ1) is 8.50. The molecule has 1 aliphatic rings. The van der Waals surface area contributed by atoms with E-state index in [-0.39, 0.29) is 16.9 Å². The van der Waals surface area contributed by atoms with Crippen LogP contribution in [0.25, 0.3) is 0 Å². The summed E-state index contributed by atoms with van der Waals surface area (Å²) in [5.74, 6) is -1.37. The number of benzene rings is 1. The Kier molecular flexibility index (Phi) is 3.52. The lowest BCUT2D eigenvalue weighted by atomic mass is 9.92. The van der Waals surface area contributed by atoms with Gasteiger partial charge in [-0.05, 0) is 31.9 Å². The van der Waals surface area contributed by atoms with E-state index >= 15 is 0 Å². The van der Waals surface area contributed by atoms with Crippen molar-refractivity contribution in [3.8, 4) is 5.75 Å². The zero-order chi connectivity index (χ0) is 13.2. The summed E-state index contributed by atoms with van der Waals surface area (Å²) in [5.41, 5.74) is -0.417. The SMILES string of the molecule is CC1(NC(=O)c2ccc(O)cc2F)CCOCC1. The van der Waals surface area contributed by atoms with Crippen molar-refractivity contribution in [2.45, 2.75) is 25.3 Å². The van der Waals surface area contributed by atoms with Gasteiger partial charge in [0.15, 0.2) is 0 Å². The molecule has 2 rings (SSSR count). The van der Waals surface area contributed by atoms with Crippen molar-refractivity contribution in [2.75, 3.05) is 13.2 Å². The third kappa shape index (κ3) is 2.79. The van der Waals surface area contributed by atoms with Gasteiger partial charge in [0.2, 0.25) is 0 Å². The smallest absolute Gasteiger partial charge is 0.254 e. The van der Waals surface area contributed by atoms with Gasteiger partial charge in [0.1, 0.15) is 11.6 Å². The largest absolute Gasteiger partial charge is 0.508 e. The lowest BCUT2D eigenvalue weighted by Gasteiger charge is -2.34. The molecule has 0 saturated carbocycles. The number of carbonyl (C=O) groups excluding carboxylic acids is 1. The number of amides is 1. The number of hydrogen-bond acceptors (Lipinski definition) is 3. The minimum atomic E-state index is -0.719. The first-order valence-corrected chi connectivity index (χ1v) is 5.89. The van der Waals surface area contributed by atoms with E-state index in [2.05, 4.69) is 5.32 Å². The number of hydrogen-bond donors (Lipinski definition) is 2. The molecule has 98 valence electrons. The van der Waals surface area contributed by atoms with E-state index < -0.39 is 11.7 Å². The molecular formula is C13H16FNO3. The highest BCUT2D eigenvalue weighted by Gasteiger charge is 2.30. The monoisotopic (exact) mass is 253 g/mol. The van der Waals surface area contributed by atoms with Gasteiger partial charge in [-0.3, -0.25) is 4.79 Å². The Labute approximate surface area is 105 Å². The molecule has 0 unspecified atom stereocenters. The van der Waals surface area contributed by atoms with Gasteiger partial charge >= 0.3 is 0 Å². The fourth-order valence-electron chi connectivity index (χ4n) is 1.98. The first kappa shape index (κ1) is 12.8. The minimum Gasteiger partial charge on any atom is -0.508 e. The number of phenols is 1. The van der Waals surface area contributed by atoms with E-state index in [1.165, 1.54) is 12.1 Å². The highest BCUT2D eigenvalue weighted by molar-refractivity contribution is 5.95. The maximum absolute atomic E-state index is 13.5. The van der Waals surface area contributed by atoms with Crippen LogP contribution in [0.15, 0.2) is 18.2 Å². The molecule has 0 atom stereocenters. The van der Waals surface area contributed by atoms with Crippen molar-refractivity contribution in [3.63, 3.8) is 0 Å². The van der Waals surface area contributed by atoms with Crippen molar-refractivity contribution < 1.29 is 19.0 Å². The molecular weight excluding hydrogens is 237 g/mol. The van der Waals surface area contributed by atoms with E-state index in [1.54, 1.807) is 0 Å². The van der Waals surface area contributed by atoms with Crippen LogP contribution in [-0.4, -0.2) is 29.8 Å². The van der Waals surface area contributed by atoms with Gasteiger partial charge in [-0.1, -0.05) is 0 Å². The molecule has 0 spiro atoms. The molecule has 5 heteroatoms. The summed E-state index contributed by atoms with van der Waals surface area (Å²) in [6.07, 6.45) is 1.41. The molecule has 4 nitrogen and oxygen atoms in total. The number of nitrogens with one attached hydrogen (secondary N) is 1. The molecule has 2 N–H and O–H groups in total. The summed E-state index contributed by atoms with van der Waals surface area (Å²) in [7, 11) is 0. The molecule has 1 saturated heterocycles. The molecule has 1 heterocycles. The van der Waals surface area contributed by atoms with Gasteiger partial charge in [0.05, 0.1) is 5.56 Å². The summed E-state index contributed by atoms with van der Waals surface area (Å²) in [4.78, 5) is 12.0. The van der Waals surface area contributed by atoms with E-state index in [0.29, 0.717) is 26.1 Å². The van der Waals surface area contributed by atoms with E-state index in [4.69, 9.17) is 9.84 Å². The maximum Gasteiger partial charge on any atom is 0.254 e. The first-order valence-electron chi connectivity index (χ1n) is 5.89. The molecule has 1 aromatic carbocycles. The van der Waals surface area contributed by atoms with Crippen molar-refractivity contribution in [1.82, 2.24) is 5.32 Å². The van der Waals surface area contributed by atoms with Crippen LogP contribution in [0.2, 0.25) is 0 Å². The highest BCUT2D eigenvalue weighted by atomic mass is 19.1. The molecule has 1 fully saturated rings. The number of halogens is 1. The Morgan fingerprint density at radius 3 is 2.72 bits per heavy atom. The highest BCUT2D eigenvalue weighted by Crippen LogP contribution is 2.21. The molecule has 18 heavy (non-hydrogen) atoms. The Hall–Kier alpha value is -1.62. The van der Waals surface area contributed by atoms with Gasteiger partial charge in [0.25, 0.3) is 5.91 Å². The van der Waals surface area contributed by atoms with Crippen molar-refractivity contribution in [3.05, 3.63) is 29.6 Å². The standard InChI is InChI=1S/C13H16FNO3/c1-13(4-6-18-7-5-13)15-12(17)10-3-2-9(16)8-11(10)14/h2-3,8,16H,4-7H2,1H3,(H,15,17). The molecule has 1 aliphatic heterocycles. The second kappa shape index (κ2) is 4.94. The van der Waals surface area contributed by atoms with Crippen molar-refractivity contribution in [1.29, 1.82) is 0 Å². The summed E-state index contributed by atoms with van der Waals surface area (Å²) < 4.78 is 18.8. The summed E-state index contributed by atoms with van der Waals surface area (Å²) in [6, 6.07) is 3.51. The molecule has 1 aromatic rings. The lowest BCUT2D eigenvalue weighted by molar-refractivity contribution is 0.0422. The van der Waals surface area contributed by atoms with Crippen LogP contribution in [0, 0.1) is 5.82 Å². The quantitative estimate of drug-likeness (QED) is 0.845. The Balaban J connectivity index is 2.11. The van der Waals surface area contributed by atoms with E-state index in [1.807, 2.05) is 6.92 Å². The Bertz CT molecular complexity index is 456. The molecule has 0 bridgehead atoms. The minimum absolute atomic E-state index is 0.0551. The third-order valence-corrected chi connectivity index (χ3v) is 3.21. The van der Waals surface area contributed by atoms with Gasteiger partial charge in [-0.25, -0.2) is 4.39 Å². The summed E-state index contributed by atoms with van der Waals surface area (Å²) >= 11 is 0. The number of ether oxygens (including phenoxy) is 1. The van der Waals surface area contributed by atoms with Crippen molar-refractivity contribution >= 4 is 5.91 Å². The predicted molar refractivity (Wildman–Crippen MR) is 64.0 cm³/mol. The zero-order valence-corrected chi connectivity index (χ0v) is 10.2. The van der Waals surface area contributed by atoms with Gasteiger partial charge < -0.3 is 15.2 Å². The topological polar surface area (TPSA) is 58.6 Å². The van der Waals surface area contributed by atoms with Crippen LogP contribution in [0.1, 0.15) is 30.1 Å². The normalized spacial score (nSPS) is 18.3. The average molecular weight is 253 g/mol. The van der Waals surface area contributed by atoms with Crippen LogP contribution >= 0.6 is 0 Å². The van der Waals surface area contributed by atoms with Gasteiger partial charge in [0, 0.05) is 24.8 Å². The molecule has 0 aliphatic carbocycles. The fraction of sp³-hybridized carbons (Fsp3) is 0.462. The van der Waals surface area contributed by atoms with E-state index in [0.717, 1.165) is 6.07 Å². The van der Waals surface area contributed by atoms with Crippen LogP contribution in [0.4, 0.5) is 4.39 Å². The third-order valence-electron chi connectivity index (χ3n) is 3.21. The number of aromatic hydroxyl groups is 1. The van der Waals surface area contributed by atoms with Crippen molar-refractivity contribution in [2.24, 2.45) is 0 Å². The van der Waals surface area contributed by atoms with Crippen LogP contribution in [-0.2, 0) is 4.74 Å². The van der Waals surface area contributed by atoms with Crippen LogP contribution in [0.5, 0.6) is 5.75 Å². The molecule has 0 aromatic heterocycles. The predicted octanol–water partition coefficient (Wildman–Crippen LogP) is 1.83. The summed E-state index contributed by atoms with van der Waals surface area (Å²) in [5, 5.41) is 11.9. The van der Waals surface area contributed by atoms with Crippen LogP contribution in [0.3, 0.4) is 0 Å². The lowest BCUT2D eigenvalue weighted by Crippen LogP contribution is -2.49. The van der Waals surface area contributed by atoms with Gasteiger partial charge in [-0.15, -0.1) is 0 Å². The number of carbonyl (C=O) groups is 1. The average Bonchev–Trinajstić information content (AvgIpc) is 2.28. The second-order valence-electron chi connectivity index (χ2n) is 4.79. The summed E-state index contributed by atoms with van der Waals surface area (Å²) in [6.45, 7) is 3.11. The fourth-order valence-corrected chi connectivity index (χ4v) is 1.98. The second-order valence-corrected chi connectivity index (χ2v) is 4.79. The Morgan fingerprint density at radius 1 is 1.44 bits per heavy atom. The van der Waals surface area contributed by atoms with Crippen LogP contribution < -0.4 is 5.32 Å². The maximum atomic E-state index is 13.5. The Morgan fingerprint density at radius 2 is 2.11 bits per heavy atom.